The molecule has 128 valence electrons. The summed E-state index contributed by atoms with van der Waals surface area (Å²) in [7, 11) is -3.22. The fraction of sp³-hybridized carbons (Fsp3) is 0.263. The molecule has 1 aromatic carbocycles. The summed E-state index contributed by atoms with van der Waals surface area (Å²) in [5.41, 5.74) is 3.42. The highest BCUT2D eigenvalue weighted by molar-refractivity contribution is 7.92. The molecule has 25 heavy (non-hydrogen) atoms. The van der Waals surface area contributed by atoms with E-state index in [9.17, 15) is 8.42 Å². The smallest absolute Gasteiger partial charge is 0.183 e. The molecular formula is C19H17NO2S3. The Morgan fingerprint density at radius 1 is 1.12 bits per heavy atom. The normalized spacial score (nSPS) is 24.3. The minimum atomic E-state index is -3.22. The quantitative estimate of drug-likeness (QED) is 0.675. The first-order valence-corrected chi connectivity index (χ1v) is 11.6. The fourth-order valence-electron chi connectivity index (χ4n) is 4.09. The number of nitrogens with zero attached hydrogens (tertiary/aromatic N) is 1. The predicted molar refractivity (Wildman–Crippen MR) is 103 cm³/mol. The molecule has 5 rings (SSSR count). The average Bonchev–Trinajstić information content (AvgIpc) is 3.37. The van der Waals surface area contributed by atoms with Crippen LogP contribution in [-0.2, 0) is 16.4 Å². The van der Waals surface area contributed by atoms with Gasteiger partial charge in [0.15, 0.2) is 9.84 Å². The van der Waals surface area contributed by atoms with Crippen molar-refractivity contribution in [2.75, 3.05) is 13.1 Å². The van der Waals surface area contributed by atoms with Crippen molar-refractivity contribution in [3.63, 3.8) is 0 Å². The zero-order chi connectivity index (χ0) is 17.0. The molecular weight excluding hydrogens is 370 g/mol. The number of thiophene rings is 2. The van der Waals surface area contributed by atoms with E-state index in [0.29, 0.717) is 11.4 Å². The highest BCUT2D eigenvalue weighted by atomic mass is 32.2. The predicted octanol–water partition coefficient (Wildman–Crippen LogP) is 4.23. The Balaban J connectivity index is 1.51. The van der Waals surface area contributed by atoms with Crippen molar-refractivity contribution in [3.05, 3.63) is 63.7 Å². The van der Waals surface area contributed by atoms with Crippen molar-refractivity contribution < 1.29 is 8.42 Å². The van der Waals surface area contributed by atoms with Crippen LogP contribution in [-0.4, -0.2) is 31.7 Å². The van der Waals surface area contributed by atoms with E-state index in [0.717, 1.165) is 24.2 Å². The number of sulfone groups is 1. The summed E-state index contributed by atoms with van der Waals surface area (Å²) in [6.07, 6.45) is 0. The van der Waals surface area contributed by atoms with Crippen LogP contribution >= 0.6 is 22.7 Å². The molecule has 0 radical (unpaired) electrons. The zero-order valence-corrected chi connectivity index (χ0v) is 15.9. The molecule has 2 aliphatic heterocycles. The van der Waals surface area contributed by atoms with Crippen LogP contribution in [0, 0.1) is 0 Å². The van der Waals surface area contributed by atoms with Crippen molar-refractivity contribution in [2.45, 2.75) is 22.6 Å². The Morgan fingerprint density at radius 3 is 2.80 bits per heavy atom. The van der Waals surface area contributed by atoms with E-state index in [1.165, 1.54) is 10.4 Å². The first-order valence-electron chi connectivity index (χ1n) is 8.28. The molecule has 2 aliphatic rings. The molecule has 0 bridgehead atoms. The summed E-state index contributed by atoms with van der Waals surface area (Å²) in [5, 5.41) is 5.98. The van der Waals surface area contributed by atoms with Crippen molar-refractivity contribution in [1.29, 1.82) is 0 Å². The molecule has 0 amide bonds. The number of likely N-dealkylation sites (tertiary alicyclic amines) is 1. The largest absolute Gasteiger partial charge is 0.297 e. The van der Waals surface area contributed by atoms with E-state index in [-0.39, 0.29) is 11.2 Å². The van der Waals surface area contributed by atoms with Crippen LogP contribution in [0.15, 0.2) is 57.4 Å². The van der Waals surface area contributed by atoms with Gasteiger partial charge in [-0.1, -0.05) is 12.1 Å². The third-order valence-corrected chi connectivity index (χ3v) is 9.16. The maximum absolute atomic E-state index is 13.0. The van der Waals surface area contributed by atoms with Crippen molar-refractivity contribution in [3.8, 4) is 10.4 Å². The average molecular weight is 388 g/mol. The van der Waals surface area contributed by atoms with Crippen molar-refractivity contribution >= 4 is 32.5 Å². The van der Waals surface area contributed by atoms with Gasteiger partial charge in [-0.25, -0.2) is 8.42 Å². The second kappa shape index (κ2) is 5.77. The van der Waals surface area contributed by atoms with Gasteiger partial charge >= 0.3 is 0 Å². The SMILES string of the molecule is O=S1(=O)c2ccc(-c3cccs3)cc2[C@@H]2CN(Cc3ccsc3)C[C@H]21. The lowest BCUT2D eigenvalue weighted by atomic mass is 9.96. The molecule has 3 nitrogen and oxygen atoms in total. The van der Waals surface area contributed by atoms with Crippen LogP contribution < -0.4 is 0 Å². The fourth-order valence-corrected chi connectivity index (χ4v) is 7.67. The first kappa shape index (κ1) is 15.8. The van der Waals surface area contributed by atoms with Crippen LogP contribution in [0.1, 0.15) is 17.0 Å². The Labute approximate surface area is 155 Å². The maximum Gasteiger partial charge on any atom is 0.183 e. The third kappa shape index (κ3) is 2.51. The van der Waals surface area contributed by atoms with Crippen molar-refractivity contribution in [1.82, 2.24) is 4.90 Å². The maximum atomic E-state index is 13.0. The second-order valence-corrected chi connectivity index (χ2v) is 10.6. The highest BCUT2D eigenvalue weighted by Gasteiger charge is 2.50. The number of fused-ring (bicyclic) bond motifs is 3. The summed E-state index contributed by atoms with van der Waals surface area (Å²) >= 11 is 3.38. The summed E-state index contributed by atoms with van der Waals surface area (Å²) < 4.78 is 26.0. The third-order valence-electron chi connectivity index (χ3n) is 5.25. The number of rotatable bonds is 3. The van der Waals surface area contributed by atoms with Gasteiger partial charge in [0.25, 0.3) is 0 Å². The molecule has 1 saturated heterocycles. The lowest BCUT2D eigenvalue weighted by molar-refractivity contribution is 0.326. The number of hydrogen-bond acceptors (Lipinski definition) is 5. The van der Waals surface area contributed by atoms with Gasteiger partial charge in [0.2, 0.25) is 0 Å². The highest BCUT2D eigenvalue weighted by Crippen LogP contribution is 2.46. The molecule has 0 aliphatic carbocycles. The van der Waals surface area contributed by atoms with Gasteiger partial charge in [-0.15, -0.1) is 11.3 Å². The first-order chi connectivity index (χ1) is 12.1. The van der Waals surface area contributed by atoms with Gasteiger partial charge in [-0.05, 0) is 57.1 Å². The number of benzene rings is 1. The number of hydrogen-bond donors (Lipinski definition) is 0. The molecule has 2 aromatic heterocycles. The minimum Gasteiger partial charge on any atom is -0.297 e. The lowest BCUT2D eigenvalue weighted by Crippen LogP contribution is -2.25. The van der Waals surface area contributed by atoms with Crippen LogP contribution in [0.4, 0.5) is 0 Å². The minimum absolute atomic E-state index is 0.0959. The molecule has 0 spiro atoms. The van der Waals surface area contributed by atoms with E-state index in [1.54, 1.807) is 22.7 Å². The van der Waals surface area contributed by atoms with Gasteiger partial charge in [0.1, 0.15) is 0 Å². The standard InChI is InChI=1S/C19H17NO2S3/c21-25(22)18-4-3-14(17-2-1-6-24-17)8-15(18)16-10-20(11-19(16)25)9-13-5-7-23-12-13/h1-8,12,16,19H,9-11H2/t16-,19+/m0/s1. The van der Waals surface area contributed by atoms with E-state index >= 15 is 0 Å². The van der Waals surface area contributed by atoms with E-state index in [2.05, 4.69) is 39.2 Å². The van der Waals surface area contributed by atoms with Crippen LogP contribution in [0.2, 0.25) is 0 Å². The molecule has 0 saturated carbocycles. The van der Waals surface area contributed by atoms with Gasteiger partial charge in [-0.2, -0.15) is 11.3 Å². The van der Waals surface area contributed by atoms with E-state index in [1.807, 2.05) is 18.2 Å². The second-order valence-electron chi connectivity index (χ2n) is 6.75. The Morgan fingerprint density at radius 2 is 2.04 bits per heavy atom. The van der Waals surface area contributed by atoms with Crippen molar-refractivity contribution in [2.24, 2.45) is 0 Å². The summed E-state index contributed by atoms with van der Waals surface area (Å²) in [6, 6.07) is 12.1. The molecule has 4 heterocycles. The van der Waals surface area contributed by atoms with Gasteiger partial charge in [0, 0.05) is 30.4 Å². The molecule has 6 heteroatoms. The van der Waals surface area contributed by atoms with E-state index in [4.69, 9.17) is 0 Å². The monoisotopic (exact) mass is 387 g/mol. The Kier molecular flexibility index (Phi) is 3.64. The van der Waals surface area contributed by atoms with Gasteiger partial charge < -0.3 is 0 Å². The van der Waals surface area contributed by atoms with Gasteiger partial charge in [-0.3, -0.25) is 4.90 Å². The molecule has 3 aromatic rings. The summed E-state index contributed by atoms with van der Waals surface area (Å²) in [5.74, 6) is 0.0959. The molecule has 0 N–H and O–H groups in total. The molecule has 1 fully saturated rings. The van der Waals surface area contributed by atoms with Crippen LogP contribution in [0.5, 0.6) is 0 Å². The Bertz CT molecular complexity index is 1010. The lowest BCUT2D eigenvalue weighted by Gasteiger charge is -2.16. The van der Waals surface area contributed by atoms with Gasteiger partial charge in [0.05, 0.1) is 10.1 Å². The zero-order valence-electron chi connectivity index (χ0n) is 13.5. The Hall–Kier alpha value is -1.47. The van der Waals surface area contributed by atoms with Crippen LogP contribution in [0.3, 0.4) is 0 Å². The topological polar surface area (TPSA) is 37.4 Å². The molecule has 2 atom stereocenters. The summed E-state index contributed by atoms with van der Waals surface area (Å²) in [6.45, 7) is 2.29. The molecule has 0 unspecified atom stereocenters. The van der Waals surface area contributed by atoms with E-state index < -0.39 is 9.84 Å². The summed E-state index contributed by atoms with van der Waals surface area (Å²) in [4.78, 5) is 4.03. The van der Waals surface area contributed by atoms with Crippen LogP contribution in [0.25, 0.3) is 10.4 Å².